The molecule has 0 saturated heterocycles. The van der Waals surface area contributed by atoms with Crippen LogP contribution in [-0.4, -0.2) is 93.4 Å². The standard InChI is InChI=1S/C27H26B10ClN3O/c28-15-13(16(29)20(33)23(36)19(15)32)26-39-25(40-27(41-26)14-17(30)21(34)24(37)22(35)18(14)31)8-2-1-3-11-12(8)9-6-7(38)4-5-10(9)42-11/h1-6H,28-37H2. The molecule has 0 unspecified atom stereocenters. The topological polar surface area (TPSA) is 51.8 Å². The van der Waals surface area contributed by atoms with Gasteiger partial charge in [0.2, 0.25) is 0 Å². The van der Waals surface area contributed by atoms with Gasteiger partial charge in [0.05, 0.1) is 0 Å². The van der Waals surface area contributed by atoms with Crippen LogP contribution in [0.15, 0.2) is 40.8 Å². The van der Waals surface area contributed by atoms with Crippen molar-refractivity contribution in [3.63, 3.8) is 0 Å². The molecule has 0 saturated carbocycles. The highest BCUT2D eigenvalue weighted by Crippen LogP contribution is 2.37. The molecular formula is C27H26B10ClN3O. The van der Waals surface area contributed by atoms with Gasteiger partial charge in [-0.2, -0.15) is 0 Å². The van der Waals surface area contributed by atoms with Crippen molar-refractivity contribution >= 4 is 167 Å². The largest absolute Gasteiger partial charge is 0.456 e. The minimum absolute atomic E-state index is 0.618. The smallest absolute Gasteiger partial charge is 0.164 e. The van der Waals surface area contributed by atoms with Gasteiger partial charge in [0, 0.05) is 32.5 Å². The third-order valence-electron chi connectivity index (χ3n) is 9.78. The number of aromatic nitrogens is 3. The Hall–Kier alpha value is -3.37. The van der Waals surface area contributed by atoms with Crippen LogP contribution in [0.2, 0.25) is 5.02 Å². The molecule has 0 atom stereocenters. The van der Waals surface area contributed by atoms with Crippen molar-refractivity contribution in [2.45, 2.75) is 0 Å². The fourth-order valence-corrected chi connectivity index (χ4v) is 6.55. The highest BCUT2D eigenvalue weighted by Gasteiger charge is 2.23. The van der Waals surface area contributed by atoms with Gasteiger partial charge < -0.3 is 4.42 Å². The normalized spacial score (nSPS) is 11.5. The quantitative estimate of drug-likeness (QED) is 0.205. The fraction of sp³-hybridized carbons (Fsp3) is 0. The fourth-order valence-electron chi connectivity index (χ4n) is 6.38. The van der Waals surface area contributed by atoms with Gasteiger partial charge >= 0.3 is 0 Å². The Bertz CT molecular complexity index is 1990. The van der Waals surface area contributed by atoms with E-state index in [1.807, 2.05) is 30.3 Å². The highest BCUT2D eigenvalue weighted by molar-refractivity contribution is 6.69. The summed E-state index contributed by atoms with van der Waals surface area (Å²) in [4.78, 5) is 15.7. The lowest BCUT2D eigenvalue weighted by molar-refractivity contribution is 0.669. The number of rotatable bonds is 3. The molecule has 0 aliphatic heterocycles. The predicted octanol–water partition coefficient (Wildman–Crippen LogP) is -9.99. The Balaban J connectivity index is 1.76. The van der Waals surface area contributed by atoms with Gasteiger partial charge in [-0.3, -0.25) is 0 Å². The van der Waals surface area contributed by atoms with Crippen molar-refractivity contribution < 1.29 is 4.42 Å². The predicted molar refractivity (Wildman–Crippen MR) is 210 cm³/mol. The lowest BCUT2D eigenvalue weighted by Gasteiger charge is -2.22. The highest BCUT2D eigenvalue weighted by atomic mass is 35.5. The van der Waals surface area contributed by atoms with Crippen molar-refractivity contribution in [3.05, 3.63) is 41.4 Å². The summed E-state index contributed by atoms with van der Waals surface area (Å²) in [6.07, 6.45) is 0. The van der Waals surface area contributed by atoms with E-state index >= 15 is 0 Å². The van der Waals surface area contributed by atoms with Gasteiger partial charge in [0.15, 0.2) is 17.5 Å². The SMILES string of the molecule is Bc1c(B)c(B)c(-c2nc(-c3c(B)c(B)c(B)c(B)c3B)nc(-c3cccc4oc5ccc(Cl)cc5c34)n2)c(B)c1B. The molecule has 4 nitrogen and oxygen atoms in total. The lowest BCUT2D eigenvalue weighted by atomic mass is 9.60. The number of hydrogen-bond acceptors (Lipinski definition) is 4. The molecule has 6 rings (SSSR count). The molecule has 0 aliphatic rings. The summed E-state index contributed by atoms with van der Waals surface area (Å²) in [5.74, 6) is 2.00. The Labute approximate surface area is 260 Å². The van der Waals surface area contributed by atoms with Crippen LogP contribution in [0.3, 0.4) is 0 Å². The summed E-state index contributed by atoms with van der Waals surface area (Å²) in [5, 5.41) is 2.55. The monoisotopic (exact) mass is 553 g/mol. The van der Waals surface area contributed by atoms with E-state index in [9.17, 15) is 0 Å². The summed E-state index contributed by atoms with van der Waals surface area (Å²) in [6.45, 7) is 0. The van der Waals surface area contributed by atoms with E-state index in [0.717, 1.165) is 38.6 Å². The van der Waals surface area contributed by atoms with Crippen LogP contribution in [0.1, 0.15) is 0 Å². The maximum absolute atomic E-state index is 6.46. The van der Waals surface area contributed by atoms with Gasteiger partial charge in [0.1, 0.15) is 89.6 Å². The first kappa shape index (κ1) is 28.7. The van der Waals surface area contributed by atoms with Crippen LogP contribution >= 0.6 is 11.6 Å². The van der Waals surface area contributed by atoms with Gasteiger partial charge in [0.25, 0.3) is 0 Å². The molecule has 0 radical (unpaired) electrons. The summed E-state index contributed by atoms with van der Waals surface area (Å²) in [7, 11) is 21.8. The van der Waals surface area contributed by atoms with Gasteiger partial charge in [-0.15, -0.1) is 32.8 Å². The molecule has 4 aromatic carbocycles. The van der Waals surface area contributed by atoms with Crippen molar-refractivity contribution in [2.24, 2.45) is 0 Å². The number of benzene rings is 4. The van der Waals surface area contributed by atoms with E-state index in [1.165, 1.54) is 54.6 Å². The maximum atomic E-state index is 6.46. The van der Waals surface area contributed by atoms with E-state index in [-0.39, 0.29) is 0 Å². The Kier molecular flexibility index (Phi) is 7.12. The first-order valence-corrected chi connectivity index (χ1v) is 14.8. The van der Waals surface area contributed by atoms with E-state index in [2.05, 4.69) is 84.5 Å². The van der Waals surface area contributed by atoms with Gasteiger partial charge in [-0.25, -0.2) is 15.0 Å². The van der Waals surface area contributed by atoms with Crippen LogP contribution in [0, 0.1) is 0 Å². The van der Waals surface area contributed by atoms with Gasteiger partial charge in [-0.1, -0.05) is 45.6 Å². The van der Waals surface area contributed by atoms with E-state index in [4.69, 9.17) is 31.0 Å². The van der Waals surface area contributed by atoms with Gasteiger partial charge in [-0.05, 0) is 24.3 Å². The van der Waals surface area contributed by atoms with E-state index in [1.54, 1.807) is 0 Å². The second kappa shape index (κ2) is 10.4. The Morgan fingerprint density at radius 3 is 1.45 bits per heavy atom. The van der Waals surface area contributed by atoms with Crippen LogP contribution < -0.4 is 54.6 Å². The molecule has 0 amide bonds. The number of nitrogens with zero attached hydrogens (tertiary/aromatic N) is 3. The maximum Gasteiger partial charge on any atom is 0.164 e. The number of fused-ring (bicyclic) bond motifs is 3. The molecule has 6 aromatic rings. The van der Waals surface area contributed by atoms with E-state index in [0.29, 0.717) is 22.5 Å². The van der Waals surface area contributed by atoms with Crippen molar-refractivity contribution in [1.82, 2.24) is 15.0 Å². The van der Waals surface area contributed by atoms with E-state index < -0.39 is 0 Å². The zero-order valence-corrected chi connectivity index (χ0v) is 26.8. The van der Waals surface area contributed by atoms with Crippen LogP contribution in [0.25, 0.3) is 56.1 Å². The minimum atomic E-state index is 0.618. The molecule has 0 bridgehead atoms. The summed E-state index contributed by atoms with van der Waals surface area (Å²) in [6, 6.07) is 11.8. The molecule has 2 heterocycles. The third kappa shape index (κ3) is 4.33. The number of hydrogen-bond donors (Lipinski definition) is 0. The van der Waals surface area contributed by atoms with Crippen molar-refractivity contribution in [1.29, 1.82) is 0 Å². The number of halogens is 1. The molecule has 0 aliphatic carbocycles. The summed E-state index contributed by atoms with van der Waals surface area (Å²) < 4.78 is 6.24. The average Bonchev–Trinajstić information content (AvgIpc) is 3.35. The van der Waals surface area contributed by atoms with Crippen molar-refractivity contribution in [3.8, 4) is 34.2 Å². The first-order chi connectivity index (χ1) is 19.9. The minimum Gasteiger partial charge on any atom is -0.456 e. The molecular weight excluding hydrogens is 526 g/mol. The molecule has 2 aromatic heterocycles. The zero-order valence-electron chi connectivity index (χ0n) is 26.1. The molecule has 0 fully saturated rings. The van der Waals surface area contributed by atoms with Crippen LogP contribution in [0.4, 0.5) is 0 Å². The molecule has 15 heteroatoms. The molecule has 0 spiro atoms. The second-order valence-corrected chi connectivity index (χ2v) is 12.2. The summed E-state index contributed by atoms with van der Waals surface area (Å²) >= 11 is 6.46. The molecule has 42 heavy (non-hydrogen) atoms. The molecule has 192 valence electrons. The lowest BCUT2D eigenvalue weighted by Crippen LogP contribution is -2.55. The Morgan fingerprint density at radius 1 is 0.500 bits per heavy atom. The third-order valence-corrected chi connectivity index (χ3v) is 10.0. The Morgan fingerprint density at radius 2 is 0.952 bits per heavy atom. The molecule has 0 N–H and O–H groups in total. The summed E-state index contributed by atoms with van der Waals surface area (Å²) in [5.41, 5.74) is 17.1. The van der Waals surface area contributed by atoms with Crippen LogP contribution in [-0.2, 0) is 0 Å². The average molecular weight is 552 g/mol. The first-order valence-electron chi connectivity index (χ1n) is 14.4. The number of furan rings is 1. The van der Waals surface area contributed by atoms with Crippen LogP contribution in [0.5, 0.6) is 0 Å². The second-order valence-electron chi connectivity index (χ2n) is 11.7. The van der Waals surface area contributed by atoms with Crippen molar-refractivity contribution in [2.75, 3.05) is 0 Å². The zero-order chi connectivity index (χ0) is 30.2.